The van der Waals surface area contributed by atoms with Crippen LogP contribution in [0.4, 0.5) is 0 Å². The minimum Gasteiger partial charge on any atom is -0.306 e. The topological polar surface area (TPSA) is 73.6 Å². The van der Waals surface area contributed by atoms with E-state index in [-0.39, 0.29) is 5.69 Å². The van der Waals surface area contributed by atoms with Crippen LogP contribution in [0.15, 0.2) is 35.1 Å². The molecule has 2 rings (SSSR count). The summed E-state index contributed by atoms with van der Waals surface area (Å²) in [7, 11) is 0. The molecule has 78 valence electrons. The molecule has 0 bridgehead atoms. The van der Waals surface area contributed by atoms with Gasteiger partial charge in [-0.25, -0.2) is 9.89 Å². The molecule has 0 radical (unpaired) electrons. The van der Waals surface area contributed by atoms with Crippen LogP contribution in [0.5, 0.6) is 0 Å². The molecular formula is C10H12N4O. The monoisotopic (exact) mass is 204 g/mol. The van der Waals surface area contributed by atoms with Gasteiger partial charge in [0.2, 0.25) is 0 Å². The van der Waals surface area contributed by atoms with Crippen molar-refractivity contribution in [3.05, 3.63) is 52.2 Å². The summed E-state index contributed by atoms with van der Waals surface area (Å²) in [6.45, 7) is 1.31. The summed E-state index contributed by atoms with van der Waals surface area (Å²) in [6.07, 6.45) is 0. The standard InChI is InChI=1S/C10H12N4O/c15-10-12-9(13-14-10)7-11-6-8-4-2-1-3-5-8/h1-5,11H,6-7H2,(H2,12,13,14,15). The lowest BCUT2D eigenvalue weighted by molar-refractivity contribution is 0.664. The Morgan fingerprint density at radius 3 is 2.67 bits per heavy atom. The molecule has 3 N–H and O–H groups in total. The van der Waals surface area contributed by atoms with Gasteiger partial charge in [-0.15, -0.1) is 0 Å². The van der Waals surface area contributed by atoms with Gasteiger partial charge < -0.3 is 5.32 Å². The van der Waals surface area contributed by atoms with E-state index in [2.05, 4.69) is 20.5 Å². The maximum atomic E-state index is 10.7. The third-order valence-electron chi connectivity index (χ3n) is 2.01. The number of hydrogen-bond acceptors (Lipinski definition) is 3. The zero-order valence-electron chi connectivity index (χ0n) is 8.16. The average molecular weight is 204 g/mol. The molecule has 1 heterocycles. The zero-order chi connectivity index (χ0) is 10.5. The van der Waals surface area contributed by atoms with Crippen LogP contribution in [0.3, 0.4) is 0 Å². The molecule has 0 aliphatic rings. The Morgan fingerprint density at radius 2 is 2.00 bits per heavy atom. The van der Waals surface area contributed by atoms with Crippen LogP contribution in [0.2, 0.25) is 0 Å². The normalized spacial score (nSPS) is 10.4. The van der Waals surface area contributed by atoms with Crippen molar-refractivity contribution in [2.45, 2.75) is 13.1 Å². The average Bonchev–Trinajstić information content (AvgIpc) is 2.66. The highest BCUT2D eigenvalue weighted by Crippen LogP contribution is 1.97. The number of H-pyrrole nitrogens is 2. The van der Waals surface area contributed by atoms with Gasteiger partial charge in [-0.2, -0.15) is 5.10 Å². The first kappa shape index (κ1) is 9.67. The molecule has 0 unspecified atom stereocenters. The lowest BCUT2D eigenvalue weighted by Crippen LogP contribution is -2.14. The van der Waals surface area contributed by atoms with Crippen molar-refractivity contribution in [3.63, 3.8) is 0 Å². The van der Waals surface area contributed by atoms with Gasteiger partial charge >= 0.3 is 5.69 Å². The first-order valence-corrected chi connectivity index (χ1v) is 4.73. The Bertz CT molecular complexity index is 460. The van der Waals surface area contributed by atoms with Crippen LogP contribution in [-0.4, -0.2) is 15.2 Å². The Kier molecular flexibility index (Phi) is 2.94. The molecule has 0 aliphatic carbocycles. The molecule has 1 aromatic carbocycles. The van der Waals surface area contributed by atoms with Gasteiger partial charge in [0.25, 0.3) is 0 Å². The number of aromatic nitrogens is 3. The maximum absolute atomic E-state index is 10.7. The third kappa shape index (κ3) is 2.78. The SMILES string of the molecule is O=c1[nH]nc(CNCc2ccccc2)[nH]1. The Hall–Kier alpha value is -1.88. The lowest BCUT2D eigenvalue weighted by atomic mass is 10.2. The van der Waals surface area contributed by atoms with Crippen LogP contribution in [-0.2, 0) is 13.1 Å². The van der Waals surface area contributed by atoms with Gasteiger partial charge in [0.1, 0.15) is 5.82 Å². The van der Waals surface area contributed by atoms with Gasteiger partial charge in [-0.1, -0.05) is 30.3 Å². The van der Waals surface area contributed by atoms with Crippen LogP contribution >= 0.6 is 0 Å². The quantitative estimate of drug-likeness (QED) is 0.674. The van der Waals surface area contributed by atoms with Crippen molar-refractivity contribution in [2.24, 2.45) is 0 Å². The number of hydrogen-bond donors (Lipinski definition) is 3. The van der Waals surface area contributed by atoms with Crippen molar-refractivity contribution >= 4 is 0 Å². The second-order valence-electron chi connectivity index (χ2n) is 3.21. The molecule has 0 saturated heterocycles. The van der Waals surface area contributed by atoms with E-state index in [4.69, 9.17) is 0 Å². The van der Waals surface area contributed by atoms with E-state index < -0.39 is 0 Å². The summed E-state index contributed by atoms with van der Waals surface area (Å²) < 4.78 is 0. The minimum atomic E-state index is -0.272. The highest BCUT2D eigenvalue weighted by Gasteiger charge is 1.96. The predicted octanol–water partition coefficient (Wildman–Crippen LogP) is 0.388. The Balaban J connectivity index is 1.83. The molecule has 5 heteroatoms. The molecule has 15 heavy (non-hydrogen) atoms. The van der Waals surface area contributed by atoms with E-state index in [0.717, 1.165) is 6.54 Å². The van der Waals surface area contributed by atoms with Crippen molar-refractivity contribution < 1.29 is 0 Å². The van der Waals surface area contributed by atoms with E-state index in [1.165, 1.54) is 5.56 Å². The van der Waals surface area contributed by atoms with Crippen LogP contribution in [0, 0.1) is 0 Å². The van der Waals surface area contributed by atoms with Crippen LogP contribution < -0.4 is 11.0 Å². The number of rotatable bonds is 4. The Labute approximate surface area is 86.5 Å². The Morgan fingerprint density at radius 1 is 1.20 bits per heavy atom. The molecule has 2 aromatic rings. The first-order valence-electron chi connectivity index (χ1n) is 4.73. The summed E-state index contributed by atoms with van der Waals surface area (Å²) in [6, 6.07) is 10.1. The first-order chi connectivity index (χ1) is 7.34. The van der Waals surface area contributed by atoms with Gasteiger partial charge in [0.15, 0.2) is 0 Å². The van der Waals surface area contributed by atoms with Crippen molar-refractivity contribution in [1.82, 2.24) is 20.5 Å². The second kappa shape index (κ2) is 4.56. The van der Waals surface area contributed by atoms with Crippen LogP contribution in [0.1, 0.15) is 11.4 Å². The van der Waals surface area contributed by atoms with Crippen molar-refractivity contribution in [3.8, 4) is 0 Å². The second-order valence-corrected chi connectivity index (χ2v) is 3.21. The number of benzene rings is 1. The number of nitrogens with one attached hydrogen (secondary N) is 3. The molecule has 5 nitrogen and oxygen atoms in total. The molecule has 0 spiro atoms. The van der Waals surface area contributed by atoms with Crippen molar-refractivity contribution in [2.75, 3.05) is 0 Å². The summed E-state index contributed by atoms with van der Waals surface area (Å²) in [5.41, 5.74) is 0.932. The fourth-order valence-corrected chi connectivity index (χ4v) is 1.31. The highest BCUT2D eigenvalue weighted by atomic mass is 16.1. The summed E-state index contributed by atoms with van der Waals surface area (Å²) >= 11 is 0. The molecular weight excluding hydrogens is 192 g/mol. The third-order valence-corrected chi connectivity index (χ3v) is 2.01. The molecule has 0 atom stereocenters. The fraction of sp³-hybridized carbons (Fsp3) is 0.200. The smallest absolute Gasteiger partial charge is 0.306 e. The van der Waals surface area contributed by atoms with Gasteiger partial charge in [0.05, 0.1) is 6.54 Å². The molecule has 0 fully saturated rings. The van der Waals surface area contributed by atoms with Gasteiger partial charge in [0, 0.05) is 6.54 Å². The molecule has 1 aromatic heterocycles. The minimum absolute atomic E-state index is 0.272. The predicted molar refractivity (Wildman–Crippen MR) is 56.2 cm³/mol. The van der Waals surface area contributed by atoms with E-state index in [9.17, 15) is 4.79 Å². The highest BCUT2D eigenvalue weighted by molar-refractivity contribution is 5.14. The molecule has 0 saturated carbocycles. The van der Waals surface area contributed by atoms with Crippen LogP contribution in [0.25, 0.3) is 0 Å². The van der Waals surface area contributed by atoms with Crippen molar-refractivity contribution in [1.29, 1.82) is 0 Å². The number of aromatic amines is 2. The van der Waals surface area contributed by atoms with E-state index in [0.29, 0.717) is 12.4 Å². The fourth-order valence-electron chi connectivity index (χ4n) is 1.31. The van der Waals surface area contributed by atoms with Gasteiger partial charge in [-0.05, 0) is 5.56 Å². The number of nitrogens with zero attached hydrogens (tertiary/aromatic N) is 1. The van der Waals surface area contributed by atoms with Gasteiger partial charge in [-0.3, -0.25) is 4.98 Å². The van der Waals surface area contributed by atoms with E-state index in [1.807, 2.05) is 30.3 Å². The molecule has 0 aliphatic heterocycles. The maximum Gasteiger partial charge on any atom is 0.340 e. The summed E-state index contributed by atoms with van der Waals surface area (Å²) in [5, 5.41) is 9.29. The van der Waals surface area contributed by atoms with E-state index in [1.54, 1.807) is 0 Å². The molecule has 0 amide bonds. The lowest BCUT2D eigenvalue weighted by Gasteiger charge is -2.01. The zero-order valence-corrected chi connectivity index (χ0v) is 8.16. The summed E-state index contributed by atoms with van der Waals surface area (Å²) in [4.78, 5) is 13.3. The van der Waals surface area contributed by atoms with E-state index >= 15 is 0 Å². The summed E-state index contributed by atoms with van der Waals surface area (Å²) in [5.74, 6) is 0.621. The largest absolute Gasteiger partial charge is 0.340 e.